The Labute approximate surface area is 213 Å². The van der Waals surface area contributed by atoms with Crippen molar-refractivity contribution in [3.63, 3.8) is 0 Å². The molecule has 0 amide bonds. The molecule has 7 heteroatoms. The van der Waals surface area contributed by atoms with E-state index in [2.05, 4.69) is 26.9 Å². The predicted octanol–water partition coefficient (Wildman–Crippen LogP) is 6.87. The molecule has 0 saturated heterocycles. The summed E-state index contributed by atoms with van der Waals surface area (Å²) in [5.74, 6) is 0.979. The first-order valence-corrected chi connectivity index (χ1v) is 12.2. The maximum absolute atomic E-state index is 6.27. The van der Waals surface area contributed by atoms with Gasteiger partial charge in [0, 0.05) is 17.6 Å². The third-order valence-corrected chi connectivity index (χ3v) is 6.23. The minimum absolute atomic E-state index is 0.273. The topological polar surface area (TPSA) is 47.1 Å². The van der Waals surface area contributed by atoms with Gasteiger partial charge in [-0.25, -0.2) is 4.84 Å². The van der Waals surface area contributed by atoms with Crippen molar-refractivity contribution in [3.8, 4) is 11.8 Å². The minimum atomic E-state index is -0.273. The zero-order valence-corrected chi connectivity index (χ0v) is 21.2. The van der Waals surface area contributed by atoms with E-state index < -0.39 is 0 Å². The molecule has 1 atom stereocenters. The van der Waals surface area contributed by atoms with Gasteiger partial charge in [-0.3, -0.25) is 5.06 Å². The molecule has 0 aliphatic carbocycles. The molecule has 0 saturated carbocycles. The van der Waals surface area contributed by atoms with Gasteiger partial charge >= 0.3 is 0 Å². The van der Waals surface area contributed by atoms with Crippen LogP contribution in [0.25, 0.3) is 0 Å². The number of fused-ring (bicyclic) bond motifs is 1. The summed E-state index contributed by atoms with van der Waals surface area (Å²) in [4.78, 5) is 13.0. The largest absolute Gasteiger partial charge is 0.473 e. The van der Waals surface area contributed by atoms with E-state index in [1.54, 1.807) is 5.06 Å². The number of anilines is 3. The average Bonchev–Trinajstić information content (AvgIpc) is 2.88. The lowest BCUT2D eigenvalue weighted by atomic mass is 10.2. The third kappa shape index (κ3) is 5.26. The van der Waals surface area contributed by atoms with Gasteiger partial charge in [0.05, 0.1) is 11.4 Å². The van der Waals surface area contributed by atoms with Crippen LogP contribution in [0.1, 0.15) is 18.1 Å². The van der Waals surface area contributed by atoms with Crippen molar-refractivity contribution in [1.82, 2.24) is 4.98 Å². The molecule has 5 rings (SSSR count). The second kappa shape index (κ2) is 10.4. The number of halogens is 1. The summed E-state index contributed by atoms with van der Waals surface area (Å²) in [6, 6.07) is 30.0. The Bertz CT molecular complexity index is 1290. The summed E-state index contributed by atoms with van der Waals surface area (Å²) in [5, 5.41) is 1.79. The van der Waals surface area contributed by atoms with Gasteiger partial charge in [0.15, 0.2) is 6.23 Å². The monoisotopic (exact) mass is 531 g/mol. The highest BCUT2D eigenvalue weighted by atomic mass is 79.9. The molecule has 0 fully saturated rings. The SMILES string of the molecule is CC1ON(C)c2cc(Br)ccc2N1c1ccc(OCc2ccccc2)nc1OCc1ccccc1. The number of hydrogen-bond donors (Lipinski definition) is 0. The Hall–Kier alpha value is -3.55. The van der Waals surface area contributed by atoms with E-state index in [1.807, 2.05) is 98.9 Å². The van der Waals surface area contributed by atoms with Gasteiger partial charge in [-0.05, 0) is 42.3 Å². The third-order valence-electron chi connectivity index (χ3n) is 5.73. The standard InChI is InChI=1S/C28H26BrN3O3/c1-20-32(24-14-13-23(29)17-26(24)31(2)35-20)25-15-16-27(33-18-21-9-5-3-6-10-21)30-28(25)34-19-22-11-7-4-8-12-22/h3-17,20H,18-19H2,1-2H3. The summed E-state index contributed by atoms with van der Waals surface area (Å²) < 4.78 is 13.2. The molecule has 1 aliphatic rings. The van der Waals surface area contributed by atoms with Crippen molar-refractivity contribution in [1.29, 1.82) is 0 Å². The van der Waals surface area contributed by atoms with Crippen LogP contribution in [0.5, 0.6) is 11.8 Å². The Morgan fingerprint density at radius 1 is 0.800 bits per heavy atom. The van der Waals surface area contributed by atoms with Crippen LogP contribution in [0.3, 0.4) is 0 Å². The molecule has 178 valence electrons. The van der Waals surface area contributed by atoms with Crippen LogP contribution in [0, 0.1) is 0 Å². The molecule has 1 unspecified atom stereocenters. The van der Waals surface area contributed by atoms with E-state index in [4.69, 9.17) is 19.3 Å². The first-order chi connectivity index (χ1) is 17.1. The van der Waals surface area contributed by atoms with Crippen LogP contribution in [0.2, 0.25) is 0 Å². The van der Waals surface area contributed by atoms with Crippen molar-refractivity contribution in [3.05, 3.63) is 107 Å². The van der Waals surface area contributed by atoms with Gasteiger partial charge in [0.2, 0.25) is 11.8 Å². The smallest absolute Gasteiger partial charge is 0.241 e. The van der Waals surface area contributed by atoms with Gasteiger partial charge in [-0.2, -0.15) is 4.98 Å². The molecule has 4 aromatic rings. The fourth-order valence-corrected chi connectivity index (χ4v) is 4.40. The maximum Gasteiger partial charge on any atom is 0.241 e. The molecule has 0 N–H and O–H groups in total. The lowest BCUT2D eigenvalue weighted by Gasteiger charge is -2.41. The van der Waals surface area contributed by atoms with Crippen molar-refractivity contribution in [2.75, 3.05) is 17.0 Å². The van der Waals surface area contributed by atoms with Crippen LogP contribution < -0.4 is 19.4 Å². The number of nitrogens with zero attached hydrogens (tertiary/aromatic N) is 3. The van der Waals surface area contributed by atoms with Crippen molar-refractivity contribution in [2.45, 2.75) is 26.4 Å². The molecule has 0 radical (unpaired) electrons. The van der Waals surface area contributed by atoms with E-state index in [9.17, 15) is 0 Å². The minimum Gasteiger partial charge on any atom is -0.473 e. The highest BCUT2D eigenvalue weighted by Crippen LogP contribution is 2.44. The Kier molecular flexibility index (Phi) is 6.88. The molecular weight excluding hydrogens is 506 g/mol. The number of aromatic nitrogens is 1. The van der Waals surface area contributed by atoms with Crippen LogP contribution in [0.15, 0.2) is 95.5 Å². The Morgan fingerprint density at radius 2 is 1.43 bits per heavy atom. The summed E-state index contributed by atoms with van der Waals surface area (Å²) in [6.45, 7) is 2.82. The summed E-state index contributed by atoms with van der Waals surface area (Å²) in [7, 11) is 1.91. The number of hydroxylamine groups is 1. The normalized spacial score (nSPS) is 15.0. The van der Waals surface area contributed by atoms with Crippen molar-refractivity contribution >= 4 is 33.0 Å². The molecule has 3 aromatic carbocycles. The quantitative estimate of drug-likeness (QED) is 0.259. The molecule has 1 aliphatic heterocycles. The van der Waals surface area contributed by atoms with Gasteiger partial charge in [0.25, 0.3) is 0 Å². The predicted molar refractivity (Wildman–Crippen MR) is 141 cm³/mol. The number of pyridine rings is 1. The van der Waals surface area contributed by atoms with Gasteiger partial charge in [-0.1, -0.05) is 76.6 Å². The molecule has 0 bridgehead atoms. The van der Waals surface area contributed by atoms with E-state index in [0.717, 1.165) is 32.7 Å². The van der Waals surface area contributed by atoms with Gasteiger partial charge in [0.1, 0.15) is 18.9 Å². The first kappa shape index (κ1) is 23.2. The van der Waals surface area contributed by atoms with Crippen LogP contribution in [-0.4, -0.2) is 18.3 Å². The number of benzene rings is 3. The van der Waals surface area contributed by atoms with E-state index >= 15 is 0 Å². The highest BCUT2D eigenvalue weighted by Gasteiger charge is 2.31. The van der Waals surface area contributed by atoms with Crippen molar-refractivity contribution in [2.24, 2.45) is 0 Å². The molecule has 1 aromatic heterocycles. The fourth-order valence-electron chi connectivity index (χ4n) is 4.05. The second-order valence-electron chi connectivity index (χ2n) is 8.23. The zero-order chi connectivity index (χ0) is 24.2. The number of hydrogen-bond acceptors (Lipinski definition) is 6. The molecule has 0 spiro atoms. The summed E-state index contributed by atoms with van der Waals surface area (Å²) in [5.41, 5.74) is 4.88. The van der Waals surface area contributed by atoms with Crippen LogP contribution >= 0.6 is 15.9 Å². The second-order valence-corrected chi connectivity index (χ2v) is 9.14. The van der Waals surface area contributed by atoms with Crippen LogP contribution in [-0.2, 0) is 18.1 Å². The van der Waals surface area contributed by atoms with Gasteiger partial charge < -0.3 is 14.4 Å². The zero-order valence-electron chi connectivity index (χ0n) is 19.6. The fraction of sp³-hybridized carbons (Fsp3) is 0.179. The molecule has 35 heavy (non-hydrogen) atoms. The van der Waals surface area contributed by atoms with E-state index in [0.29, 0.717) is 25.0 Å². The lowest BCUT2D eigenvalue weighted by Crippen LogP contribution is -2.41. The van der Waals surface area contributed by atoms with E-state index in [1.165, 1.54) is 0 Å². The number of rotatable bonds is 7. The molecule has 6 nitrogen and oxygen atoms in total. The Balaban J connectivity index is 1.49. The molecular formula is C28H26BrN3O3. The van der Waals surface area contributed by atoms with Crippen LogP contribution in [0.4, 0.5) is 17.1 Å². The average molecular weight is 532 g/mol. The summed E-state index contributed by atoms with van der Waals surface area (Å²) >= 11 is 3.57. The summed E-state index contributed by atoms with van der Waals surface area (Å²) in [6.07, 6.45) is -0.273. The lowest BCUT2D eigenvalue weighted by molar-refractivity contribution is 0.0508. The molecule has 2 heterocycles. The Morgan fingerprint density at radius 3 is 2.11 bits per heavy atom. The van der Waals surface area contributed by atoms with E-state index in [-0.39, 0.29) is 6.23 Å². The first-order valence-electron chi connectivity index (χ1n) is 11.4. The van der Waals surface area contributed by atoms with Crippen molar-refractivity contribution < 1.29 is 14.3 Å². The number of ether oxygens (including phenoxy) is 2. The highest BCUT2D eigenvalue weighted by molar-refractivity contribution is 9.10. The maximum atomic E-state index is 6.27. The van der Waals surface area contributed by atoms with Gasteiger partial charge in [-0.15, -0.1) is 0 Å².